The van der Waals surface area contributed by atoms with E-state index in [1.165, 1.54) is 0 Å². The topological polar surface area (TPSA) is 56.8 Å². The second-order valence-electron chi connectivity index (χ2n) is 6.85. The van der Waals surface area contributed by atoms with E-state index >= 15 is 0 Å². The Morgan fingerprint density at radius 2 is 1.83 bits per heavy atom. The van der Waals surface area contributed by atoms with Gasteiger partial charge in [0, 0.05) is 6.42 Å². The molecule has 1 fully saturated rings. The summed E-state index contributed by atoms with van der Waals surface area (Å²) in [5, 5.41) is 2.87. The van der Waals surface area contributed by atoms with Gasteiger partial charge in [-0.1, -0.05) is 13.0 Å². The fourth-order valence-corrected chi connectivity index (χ4v) is 2.38. The number of hydrogen-bond donors (Lipinski definition) is 1. The summed E-state index contributed by atoms with van der Waals surface area (Å²) in [5.74, 6) is 0.579. The van der Waals surface area contributed by atoms with Crippen LogP contribution in [0.3, 0.4) is 0 Å². The molecule has 126 valence electrons. The second kappa shape index (κ2) is 6.53. The van der Waals surface area contributed by atoms with Crippen molar-refractivity contribution >= 4 is 24.2 Å². The summed E-state index contributed by atoms with van der Waals surface area (Å²) in [5.41, 5.74) is 0.748. The van der Waals surface area contributed by atoms with E-state index in [0.717, 1.165) is 11.9 Å². The third kappa shape index (κ3) is 3.70. The van der Waals surface area contributed by atoms with Crippen LogP contribution in [-0.4, -0.2) is 31.3 Å². The summed E-state index contributed by atoms with van der Waals surface area (Å²) in [6.07, 6.45) is 1.29. The van der Waals surface area contributed by atoms with Crippen molar-refractivity contribution in [2.24, 2.45) is 0 Å². The number of methoxy groups -OCH3 is 1. The average Bonchev–Trinajstić information content (AvgIpc) is 2.68. The molecule has 0 bridgehead atoms. The molecule has 0 spiro atoms. The predicted octanol–water partition coefficient (Wildman–Crippen LogP) is 2.73. The second-order valence-corrected chi connectivity index (χ2v) is 6.85. The molecule has 0 aliphatic carbocycles. The first-order valence-corrected chi connectivity index (χ1v) is 8.03. The molecule has 0 unspecified atom stereocenters. The molecule has 1 N–H and O–H groups in total. The van der Waals surface area contributed by atoms with Crippen LogP contribution in [0.15, 0.2) is 18.2 Å². The van der Waals surface area contributed by atoms with E-state index in [1.807, 2.05) is 52.8 Å². The van der Waals surface area contributed by atoms with E-state index < -0.39 is 7.12 Å². The number of benzene rings is 1. The highest BCUT2D eigenvalue weighted by Gasteiger charge is 2.51. The number of ether oxygens (including phenoxy) is 1. The van der Waals surface area contributed by atoms with Crippen molar-refractivity contribution < 1.29 is 18.8 Å². The van der Waals surface area contributed by atoms with Crippen molar-refractivity contribution in [3.63, 3.8) is 0 Å². The van der Waals surface area contributed by atoms with Gasteiger partial charge in [0.05, 0.1) is 24.0 Å². The highest BCUT2D eigenvalue weighted by molar-refractivity contribution is 6.62. The first-order valence-electron chi connectivity index (χ1n) is 8.03. The van der Waals surface area contributed by atoms with E-state index in [2.05, 4.69) is 5.32 Å². The SMILES string of the molecule is CCCC(=O)Nc1ccc(B2OC(C)(C)C(C)(C)O2)cc1OC. The van der Waals surface area contributed by atoms with Crippen molar-refractivity contribution in [1.82, 2.24) is 0 Å². The normalized spacial score (nSPS) is 18.8. The van der Waals surface area contributed by atoms with Crippen LogP contribution in [-0.2, 0) is 14.1 Å². The Labute approximate surface area is 138 Å². The number of nitrogens with one attached hydrogen (secondary N) is 1. The Balaban J connectivity index is 2.21. The van der Waals surface area contributed by atoms with Crippen molar-refractivity contribution in [1.29, 1.82) is 0 Å². The summed E-state index contributed by atoms with van der Waals surface area (Å²) in [6, 6.07) is 5.57. The molecular formula is C17H26BNO4. The fourth-order valence-electron chi connectivity index (χ4n) is 2.38. The molecule has 0 saturated carbocycles. The minimum absolute atomic E-state index is 0.0193. The number of rotatable bonds is 5. The Morgan fingerprint density at radius 3 is 2.35 bits per heavy atom. The smallest absolute Gasteiger partial charge is 0.494 e. The van der Waals surface area contributed by atoms with Gasteiger partial charge in [-0.2, -0.15) is 0 Å². The molecule has 1 amide bonds. The van der Waals surface area contributed by atoms with Crippen molar-refractivity contribution in [3.05, 3.63) is 18.2 Å². The first kappa shape index (κ1) is 17.8. The van der Waals surface area contributed by atoms with Crippen LogP contribution < -0.4 is 15.5 Å². The molecule has 0 atom stereocenters. The van der Waals surface area contributed by atoms with Crippen molar-refractivity contribution in [2.75, 3.05) is 12.4 Å². The lowest BCUT2D eigenvalue weighted by molar-refractivity contribution is -0.116. The molecule has 1 aromatic rings. The Kier molecular flexibility index (Phi) is 5.06. The van der Waals surface area contributed by atoms with Crippen molar-refractivity contribution in [2.45, 2.75) is 58.7 Å². The largest absolute Gasteiger partial charge is 0.495 e. The van der Waals surface area contributed by atoms with Crippen LogP contribution in [0, 0.1) is 0 Å². The lowest BCUT2D eigenvalue weighted by Gasteiger charge is -2.32. The first-order chi connectivity index (χ1) is 10.7. The molecule has 6 heteroatoms. The van der Waals surface area contributed by atoms with Crippen LogP contribution in [0.1, 0.15) is 47.5 Å². The van der Waals surface area contributed by atoms with Gasteiger partial charge in [0.1, 0.15) is 5.75 Å². The monoisotopic (exact) mass is 319 g/mol. The van der Waals surface area contributed by atoms with Gasteiger partial charge in [-0.3, -0.25) is 4.79 Å². The van der Waals surface area contributed by atoms with Crippen LogP contribution in [0.25, 0.3) is 0 Å². The lowest BCUT2D eigenvalue weighted by atomic mass is 9.79. The van der Waals surface area contributed by atoms with Gasteiger partial charge in [-0.15, -0.1) is 0 Å². The zero-order chi connectivity index (χ0) is 17.3. The standard InChI is InChI=1S/C17H26BNO4/c1-7-8-15(20)19-13-10-9-12(11-14(13)21-6)18-22-16(2,3)17(4,5)23-18/h9-11H,7-8H2,1-6H3,(H,19,20). The summed E-state index contributed by atoms with van der Waals surface area (Å²) >= 11 is 0. The number of amides is 1. The van der Waals surface area contributed by atoms with Gasteiger partial charge in [0.25, 0.3) is 0 Å². The molecule has 0 aromatic heterocycles. The molecule has 2 rings (SSSR count). The van der Waals surface area contributed by atoms with E-state index in [0.29, 0.717) is 17.9 Å². The highest BCUT2D eigenvalue weighted by Crippen LogP contribution is 2.37. The molecule has 1 aliphatic rings. The fraction of sp³-hybridized carbons (Fsp3) is 0.588. The van der Waals surface area contributed by atoms with Gasteiger partial charge in [-0.25, -0.2) is 0 Å². The average molecular weight is 319 g/mol. The molecule has 5 nitrogen and oxygen atoms in total. The van der Waals surface area contributed by atoms with Crippen LogP contribution in [0.4, 0.5) is 5.69 Å². The Bertz CT molecular complexity index is 570. The molecule has 1 aromatic carbocycles. The maximum absolute atomic E-state index is 11.8. The number of anilines is 1. The summed E-state index contributed by atoms with van der Waals surface area (Å²) in [4.78, 5) is 11.8. The minimum Gasteiger partial charge on any atom is -0.495 e. The number of carbonyl (C=O) groups excluding carboxylic acids is 1. The summed E-state index contributed by atoms with van der Waals surface area (Å²) < 4.78 is 17.5. The van der Waals surface area contributed by atoms with E-state index in [1.54, 1.807) is 7.11 Å². The Morgan fingerprint density at radius 1 is 1.22 bits per heavy atom. The molecule has 1 heterocycles. The molecular weight excluding hydrogens is 293 g/mol. The highest BCUT2D eigenvalue weighted by atomic mass is 16.7. The molecule has 1 aliphatic heterocycles. The van der Waals surface area contributed by atoms with Crippen LogP contribution in [0.2, 0.25) is 0 Å². The minimum atomic E-state index is -0.450. The molecule has 0 radical (unpaired) electrons. The van der Waals surface area contributed by atoms with Gasteiger partial charge < -0.3 is 19.4 Å². The van der Waals surface area contributed by atoms with E-state index in [9.17, 15) is 4.79 Å². The zero-order valence-corrected chi connectivity index (χ0v) is 14.9. The Hall–Kier alpha value is -1.53. The van der Waals surface area contributed by atoms with Gasteiger partial charge in [0.15, 0.2) is 0 Å². The zero-order valence-electron chi connectivity index (χ0n) is 14.9. The third-order valence-electron chi connectivity index (χ3n) is 4.50. The molecule has 23 heavy (non-hydrogen) atoms. The van der Waals surface area contributed by atoms with Gasteiger partial charge in [0.2, 0.25) is 5.91 Å². The third-order valence-corrected chi connectivity index (χ3v) is 4.50. The maximum Gasteiger partial charge on any atom is 0.494 e. The van der Waals surface area contributed by atoms with Crippen LogP contribution >= 0.6 is 0 Å². The van der Waals surface area contributed by atoms with Gasteiger partial charge in [-0.05, 0) is 51.7 Å². The van der Waals surface area contributed by atoms with Gasteiger partial charge >= 0.3 is 7.12 Å². The van der Waals surface area contributed by atoms with E-state index in [-0.39, 0.29) is 17.1 Å². The van der Waals surface area contributed by atoms with Crippen molar-refractivity contribution in [3.8, 4) is 5.75 Å². The quantitative estimate of drug-likeness (QED) is 0.848. The maximum atomic E-state index is 11.8. The lowest BCUT2D eigenvalue weighted by Crippen LogP contribution is -2.41. The number of hydrogen-bond acceptors (Lipinski definition) is 4. The summed E-state index contributed by atoms with van der Waals surface area (Å²) in [7, 11) is 1.13. The number of carbonyl (C=O) groups is 1. The van der Waals surface area contributed by atoms with E-state index in [4.69, 9.17) is 14.0 Å². The summed E-state index contributed by atoms with van der Waals surface area (Å²) in [6.45, 7) is 10.0. The molecule has 1 saturated heterocycles. The predicted molar refractivity (Wildman–Crippen MR) is 92.2 cm³/mol. The van der Waals surface area contributed by atoms with Crippen LogP contribution in [0.5, 0.6) is 5.75 Å².